The molecule has 1 unspecified atom stereocenters. The van der Waals surface area contributed by atoms with Crippen LogP contribution in [0.4, 0.5) is 0 Å². The summed E-state index contributed by atoms with van der Waals surface area (Å²) in [5, 5.41) is 4.01. The number of hydrazine groups is 1. The SMILES string of the molecule is NNC(=O)C1CCC[N]1. The van der Waals surface area contributed by atoms with Crippen LogP contribution in [0, 0.1) is 0 Å². The third-order valence-electron chi connectivity index (χ3n) is 1.43. The molecule has 0 aromatic rings. The van der Waals surface area contributed by atoms with E-state index in [2.05, 4.69) is 10.7 Å². The van der Waals surface area contributed by atoms with Gasteiger partial charge in [-0.1, -0.05) is 0 Å². The molecule has 0 aliphatic carbocycles. The largest absolute Gasteiger partial charge is 0.293 e. The molecule has 0 saturated carbocycles. The smallest absolute Gasteiger partial charge is 0.252 e. The first kappa shape index (κ1) is 6.51. The molecule has 9 heavy (non-hydrogen) atoms. The number of carbonyl (C=O) groups is 1. The zero-order valence-corrected chi connectivity index (χ0v) is 5.13. The van der Waals surface area contributed by atoms with E-state index in [0.29, 0.717) is 0 Å². The molecule has 1 aliphatic rings. The second kappa shape index (κ2) is 2.80. The fourth-order valence-electron chi connectivity index (χ4n) is 0.933. The molecular formula is C5H10N3O. The van der Waals surface area contributed by atoms with Crippen molar-refractivity contribution < 1.29 is 4.79 Å². The second-order valence-corrected chi connectivity index (χ2v) is 2.07. The van der Waals surface area contributed by atoms with Crippen LogP contribution in [0.1, 0.15) is 12.8 Å². The van der Waals surface area contributed by atoms with Crippen LogP contribution in [0.5, 0.6) is 0 Å². The van der Waals surface area contributed by atoms with Gasteiger partial charge in [0.25, 0.3) is 5.91 Å². The van der Waals surface area contributed by atoms with E-state index in [1.807, 2.05) is 0 Å². The van der Waals surface area contributed by atoms with Crippen molar-refractivity contribution in [3.8, 4) is 0 Å². The second-order valence-electron chi connectivity index (χ2n) is 2.07. The standard InChI is InChI=1S/C5H10N3O/c6-8-5(9)4-2-1-3-7-4/h4H,1-3,6H2,(H,8,9). The van der Waals surface area contributed by atoms with Crippen molar-refractivity contribution in [1.82, 2.24) is 10.7 Å². The van der Waals surface area contributed by atoms with Gasteiger partial charge in [-0.25, -0.2) is 11.2 Å². The first-order valence-electron chi connectivity index (χ1n) is 3.01. The first-order valence-corrected chi connectivity index (χ1v) is 3.01. The van der Waals surface area contributed by atoms with E-state index in [4.69, 9.17) is 5.84 Å². The van der Waals surface area contributed by atoms with Gasteiger partial charge in [-0.05, 0) is 12.8 Å². The Labute approximate surface area is 53.8 Å². The maximum Gasteiger partial charge on any atom is 0.252 e. The quantitative estimate of drug-likeness (QED) is 0.263. The summed E-state index contributed by atoms with van der Waals surface area (Å²) in [6.45, 7) is 0.804. The van der Waals surface area contributed by atoms with E-state index in [-0.39, 0.29) is 11.9 Å². The molecule has 4 nitrogen and oxygen atoms in total. The van der Waals surface area contributed by atoms with Crippen molar-refractivity contribution >= 4 is 5.91 Å². The lowest BCUT2D eigenvalue weighted by atomic mass is 10.2. The average molecular weight is 128 g/mol. The molecule has 0 aromatic heterocycles. The Kier molecular flexibility index (Phi) is 2.02. The summed E-state index contributed by atoms with van der Waals surface area (Å²) < 4.78 is 0. The molecule has 0 spiro atoms. The fraction of sp³-hybridized carbons (Fsp3) is 0.800. The van der Waals surface area contributed by atoms with Gasteiger partial charge in [-0.3, -0.25) is 10.2 Å². The monoisotopic (exact) mass is 128 g/mol. The van der Waals surface area contributed by atoms with E-state index in [0.717, 1.165) is 19.4 Å². The van der Waals surface area contributed by atoms with Gasteiger partial charge in [0.1, 0.15) is 6.04 Å². The summed E-state index contributed by atoms with van der Waals surface area (Å²) in [4.78, 5) is 10.7. The molecule has 0 bridgehead atoms. The lowest BCUT2D eigenvalue weighted by Crippen LogP contribution is -2.41. The van der Waals surface area contributed by atoms with Crippen LogP contribution in [0.15, 0.2) is 0 Å². The summed E-state index contributed by atoms with van der Waals surface area (Å²) >= 11 is 0. The Bertz CT molecular complexity index is 109. The summed E-state index contributed by atoms with van der Waals surface area (Å²) in [6, 6.07) is -0.171. The average Bonchev–Trinajstić information content (AvgIpc) is 2.37. The number of hydrogen-bond donors (Lipinski definition) is 2. The van der Waals surface area contributed by atoms with Gasteiger partial charge >= 0.3 is 0 Å². The van der Waals surface area contributed by atoms with E-state index in [9.17, 15) is 4.79 Å². The maximum atomic E-state index is 10.7. The number of carbonyl (C=O) groups excluding carboxylic acids is 1. The molecule has 3 N–H and O–H groups in total. The number of hydrogen-bond acceptors (Lipinski definition) is 2. The summed E-state index contributed by atoms with van der Waals surface area (Å²) in [6.07, 6.45) is 1.86. The van der Waals surface area contributed by atoms with Crippen molar-refractivity contribution in [2.75, 3.05) is 6.54 Å². The van der Waals surface area contributed by atoms with Gasteiger partial charge in [-0.2, -0.15) is 0 Å². The highest BCUT2D eigenvalue weighted by Gasteiger charge is 2.21. The minimum atomic E-state index is -0.171. The van der Waals surface area contributed by atoms with Crippen molar-refractivity contribution in [1.29, 1.82) is 0 Å². The van der Waals surface area contributed by atoms with Crippen LogP contribution in [0.3, 0.4) is 0 Å². The van der Waals surface area contributed by atoms with Crippen LogP contribution in [-0.2, 0) is 4.79 Å². The molecule has 1 rings (SSSR count). The van der Waals surface area contributed by atoms with Crippen molar-refractivity contribution in [2.45, 2.75) is 18.9 Å². The van der Waals surface area contributed by atoms with Gasteiger partial charge in [0, 0.05) is 6.54 Å². The molecule has 1 radical (unpaired) electrons. The highest BCUT2D eigenvalue weighted by Crippen LogP contribution is 2.05. The minimum absolute atomic E-state index is 0.160. The minimum Gasteiger partial charge on any atom is -0.293 e. The van der Waals surface area contributed by atoms with Crippen LogP contribution in [0.25, 0.3) is 0 Å². The van der Waals surface area contributed by atoms with Crippen LogP contribution in [0.2, 0.25) is 0 Å². The Morgan fingerprint density at radius 1 is 1.78 bits per heavy atom. The van der Waals surface area contributed by atoms with Crippen molar-refractivity contribution in [2.24, 2.45) is 5.84 Å². The number of nitrogens with two attached hydrogens (primary N) is 1. The van der Waals surface area contributed by atoms with Gasteiger partial charge < -0.3 is 0 Å². The number of amides is 1. The molecule has 1 aliphatic heterocycles. The van der Waals surface area contributed by atoms with Crippen molar-refractivity contribution in [3.63, 3.8) is 0 Å². The molecular weight excluding hydrogens is 118 g/mol. The third kappa shape index (κ3) is 1.40. The van der Waals surface area contributed by atoms with Crippen LogP contribution >= 0.6 is 0 Å². The number of nitrogens with one attached hydrogen (secondary N) is 1. The molecule has 1 fully saturated rings. The zero-order chi connectivity index (χ0) is 6.69. The van der Waals surface area contributed by atoms with E-state index >= 15 is 0 Å². The topological polar surface area (TPSA) is 69.2 Å². The summed E-state index contributed by atoms with van der Waals surface area (Å²) in [5.74, 6) is 4.73. The number of nitrogens with zero attached hydrogens (tertiary/aromatic N) is 1. The highest BCUT2D eigenvalue weighted by atomic mass is 16.2. The highest BCUT2D eigenvalue weighted by molar-refractivity contribution is 5.81. The number of rotatable bonds is 1. The zero-order valence-electron chi connectivity index (χ0n) is 5.13. The molecule has 1 saturated heterocycles. The molecule has 1 amide bonds. The fourth-order valence-corrected chi connectivity index (χ4v) is 0.933. The predicted molar refractivity (Wildman–Crippen MR) is 32.4 cm³/mol. The van der Waals surface area contributed by atoms with E-state index in [1.54, 1.807) is 0 Å². The Morgan fingerprint density at radius 3 is 3.00 bits per heavy atom. The predicted octanol–water partition coefficient (Wildman–Crippen LogP) is -1.26. The van der Waals surface area contributed by atoms with Gasteiger partial charge in [0.05, 0.1) is 0 Å². The molecule has 51 valence electrons. The lowest BCUT2D eigenvalue weighted by molar-refractivity contribution is -0.122. The van der Waals surface area contributed by atoms with Gasteiger partial charge in [-0.15, -0.1) is 0 Å². The Morgan fingerprint density at radius 2 is 2.56 bits per heavy atom. The maximum absolute atomic E-state index is 10.7. The van der Waals surface area contributed by atoms with Crippen LogP contribution < -0.4 is 16.6 Å². The van der Waals surface area contributed by atoms with Gasteiger partial charge in [0.2, 0.25) is 0 Å². The Balaban J connectivity index is 2.32. The molecule has 0 aromatic carbocycles. The lowest BCUT2D eigenvalue weighted by Gasteiger charge is -2.03. The molecule has 1 atom stereocenters. The normalized spacial score (nSPS) is 26.1. The molecule has 1 heterocycles. The summed E-state index contributed by atoms with van der Waals surface area (Å²) in [7, 11) is 0. The summed E-state index contributed by atoms with van der Waals surface area (Å²) in [5.41, 5.74) is 2.07. The van der Waals surface area contributed by atoms with E-state index < -0.39 is 0 Å². The molecule has 4 heteroatoms. The third-order valence-corrected chi connectivity index (χ3v) is 1.43. The first-order chi connectivity index (χ1) is 4.34. The van der Waals surface area contributed by atoms with Crippen molar-refractivity contribution in [3.05, 3.63) is 0 Å². The van der Waals surface area contributed by atoms with Gasteiger partial charge in [0.15, 0.2) is 0 Å². The van der Waals surface area contributed by atoms with E-state index in [1.165, 1.54) is 0 Å². The Hall–Kier alpha value is -0.610. The van der Waals surface area contributed by atoms with Crippen LogP contribution in [-0.4, -0.2) is 18.5 Å².